The summed E-state index contributed by atoms with van der Waals surface area (Å²) in [4.78, 5) is 44.1. The van der Waals surface area contributed by atoms with Crippen LogP contribution >= 0.6 is 11.6 Å². The average Bonchev–Trinajstić information content (AvgIpc) is 2.91. The number of piperazine rings is 1. The van der Waals surface area contributed by atoms with Crippen molar-refractivity contribution in [2.75, 3.05) is 20.1 Å². The first-order valence-corrected chi connectivity index (χ1v) is 13.0. The van der Waals surface area contributed by atoms with E-state index < -0.39 is 12.2 Å². The lowest BCUT2D eigenvalue weighted by Gasteiger charge is -2.54. The van der Waals surface area contributed by atoms with Crippen LogP contribution in [0.2, 0.25) is 5.02 Å². The summed E-state index contributed by atoms with van der Waals surface area (Å²) < 4.78 is 0. The van der Waals surface area contributed by atoms with Crippen LogP contribution < -0.4 is 5.32 Å². The number of nitrogens with zero attached hydrogens (tertiary/aromatic N) is 4. The van der Waals surface area contributed by atoms with Crippen LogP contribution in [0.25, 0.3) is 0 Å². The number of carbonyl (C=O) groups is 3. The molecule has 0 aliphatic carbocycles. The number of urea groups is 1. The van der Waals surface area contributed by atoms with Crippen LogP contribution in [-0.4, -0.2) is 70.0 Å². The molecule has 3 aromatic carbocycles. The number of rotatable bonds is 6. The normalized spacial score (nSPS) is 19.9. The van der Waals surface area contributed by atoms with Crippen molar-refractivity contribution < 1.29 is 14.4 Å². The van der Waals surface area contributed by atoms with Gasteiger partial charge in [0.25, 0.3) is 0 Å². The number of fused-ring (bicyclic) bond motifs is 1. The van der Waals surface area contributed by atoms with Crippen molar-refractivity contribution in [1.82, 2.24) is 25.1 Å². The molecule has 8 nitrogen and oxygen atoms in total. The summed E-state index contributed by atoms with van der Waals surface area (Å²) in [5.74, 6) is -0.325. The summed E-state index contributed by atoms with van der Waals surface area (Å²) in [5.41, 5.74) is 2.80. The summed E-state index contributed by atoms with van der Waals surface area (Å²) in [7, 11) is 1.72. The molecule has 1 unspecified atom stereocenters. The molecule has 3 aromatic rings. The second-order valence-electron chi connectivity index (χ2n) is 9.64. The zero-order valence-electron chi connectivity index (χ0n) is 21.2. The molecule has 2 heterocycles. The number of nitrogens with one attached hydrogen (secondary N) is 1. The maximum atomic E-state index is 13.9. The third-order valence-corrected chi connectivity index (χ3v) is 7.20. The van der Waals surface area contributed by atoms with Gasteiger partial charge in [-0.15, -0.1) is 0 Å². The molecule has 38 heavy (non-hydrogen) atoms. The third kappa shape index (κ3) is 5.51. The van der Waals surface area contributed by atoms with Crippen LogP contribution in [0.1, 0.15) is 16.7 Å². The van der Waals surface area contributed by atoms with E-state index in [9.17, 15) is 14.4 Å². The lowest BCUT2D eigenvalue weighted by molar-refractivity contribution is -0.187. The van der Waals surface area contributed by atoms with Crippen molar-refractivity contribution in [3.05, 3.63) is 107 Å². The molecule has 4 amide bonds. The molecule has 2 saturated heterocycles. The van der Waals surface area contributed by atoms with Crippen LogP contribution in [0.5, 0.6) is 0 Å². The van der Waals surface area contributed by atoms with E-state index in [2.05, 4.69) is 5.32 Å². The highest BCUT2D eigenvalue weighted by atomic mass is 35.5. The number of hydrazine groups is 1. The molecule has 5 rings (SSSR count). The largest absolute Gasteiger partial charge is 0.334 e. The minimum absolute atomic E-state index is 0.00210. The van der Waals surface area contributed by atoms with E-state index >= 15 is 0 Å². The fraction of sp³-hybridized carbons (Fsp3) is 0.276. The minimum Gasteiger partial charge on any atom is -0.333 e. The number of carbonyl (C=O) groups excluding carboxylic acids is 3. The highest BCUT2D eigenvalue weighted by molar-refractivity contribution is 6.30. The highest BCUT2D eigenvalue weighted by Gasteiger charge is 2.50. The first-order chi connectivity index (χ1) is 18.4. The zero-order chi connectivity index (χ0) is 26.6. The Kier molecular flexibility index (Phi) is 7.62. The maximum absolute atomic E-state index is 13.9. The smallest absolute Gasteiger partial charge is 0.333 e. The Morgan fingerprint density at radius 2 is 1.58 bits per heavy atom. The summed E-state index contributed by atoms with van der Waals surface area (Å²) in [6.07, 6.45) is -0.292. The summed E-state index contributed by atoms with van der Waals surface area (Å²) >= 11 is 6.21. The first kappa shape index (κ1) is 25.8. The number of benzene rings is 3. The molecule has 0 spiro atoms. The van der Waals surface area contributed by atoms with Gasteiger partial charge in [0.15, 0.2) is 0 Å². The number of amides is 4. The molecule has 2 aliphatic heterocycles. The standard InChI is InChI=1S/C29H30ClN5O3/c1-32-20-27(36)34-25(16-21-9-4-2-5-10-21)28(37)33(18-23-13-8-14-24(30)15-23)19-26(34)35(32)29(38)31-17-22-11-6-3-7-12-22/h2-15,25-26H,16-20H2,1H3,(H,31,38)/t25-,26?/m0/s1. The lowest BCUT2D eigenvalue weighted by atomic mass is 9.98. The third-order valence-electron chi connectivity index (χ3n) is 6.97. The number of hydrogen-bond donors (Lipinski definition) is 1. The Labute approximate surface area is 227 Å². The van der Waals surface area contributed by atoms with E-state index in [1.165, 1.54) is 0 Å². The summed E-state index contributed by atoms with van der Waals surface area (Å²) in [5, 5.41) is 6.77. The first-order valence-electron chi connectivity index (χ1n) is 12.6. The van der Waals surface area contributed by atoms with E-state index in [1.807, 2.05) is 78.9 Å². The van der Waals surface area contributed by atoms with Crippen molar-refractivity contribution in [3.8, 4) is 0 Å². The fourth-order valence-corrected chi connectivity index (χ4v) is 5.41. The SMILES string of the molecule is CN1CC(=O)N2C(CN(Cc3cccc(Cl)c3)C(=O)[C@@H]2Cc2ccccc2)N1C(=O)NCc1ccccc1. The van der Waals surface area contributed by atoms with Gasteiger partial charge in [-0.1, -0.05) is 84.4 Å². The van der Waals surface area contributed by atoms with E-state index in [0.717, 1.165) is 16.7 Å². The van der Waals surface area contributed by atoms with E-state index in [1.54, 1.807) is 32.9 Å². The molecule has 0 radical (unpaired) electrons. The monoisotopic (exact) mass is 531 g/mol. The topological polar surface area (TPSA) is 76.2 Å². The number of hydrogen-bond acceptors (Lipinski definition) is 4. The molecule has 2 fully saturated rings. The van der Waals surface area contributed by atoms with E-state index in [-0.39, 0.29) is 30.9 Å². The van der Waals surface area contributed by atoms with Gasteiger partial charge >= 0.3 is 6.03 Å². The van der Waals surface area contributed by atoms with E-state index in [0.29, 0.717) is 24.5 Å². The van der Waals surface area contributed by atoms with Gasteiger partial charge in [-0.25, -0.2) is 14.8 Å². The predicted octanol–water partition coefficient (Wildman–Crippen LogP) is 3.52. The molecule has 0 saturated carbocycles. The van der Waals surface area contributed by atoms with Gasteiger partial charge in [-0.3, -0.25) is 9.59 Å². The summed E-state index contributed by atoms with van der Waals surface area (Å²) in [6.45, 7) is 0.864. The van der Waals surface area contributed by atoms with Crippen LogP contribution in [-0.2, 0) is 29.1 Å². The van der Waals surface area contributed by atoms with Crippen LogP contribution in [0.15, 0.2) is 84.9 Å². The lowest BCUT2D eigenvalue weighted by Crippen LogP contribution is -2.76. The Morgan fingerprint density at radius 1 is 0.921 bits per heavy atom. The van der Waals surface area contributed by atoms with Crippen molar-refractivity contribution in [3.63, 3.8) is 0 Å². The molecular formula is C29H30ClN5O3. The molecule has 2 atom stereocenters. The Hall–Kier alpha value is -3.88. The van der Waals surface area contributed by atoms with E-state index in [4.69, 9.17) is 11.6 Å². The maximum Gasteiger partial charge on any atom is 0.334 e. The fourth-order valence-electron chi connectivity index (χ4n) is 5.19. The minimum atomic E-state index is -0.735. The predicted molar refractivity (Wildman–Crippen MR) is 145 cm³/mol. The average molecular weight is 532 g/mol. The van der Waals surface area contributed by atoms with Crippen molar-refractivity contribution in [2.24, 2.45) is 0 Å². The Balaban J connectivity index is 1.45. The van der Waals surface area contributed by atoms with Crippen LogP contribution in [0.3, 0.4) is 0 Å². The summed E-state index contributed by atoms with van der Waals surface area (Å²) in [6, 6.07) is 25.6. The number of halogens is 1. The quantitative estimate of drug-likeness (QED) is 0.528. The van der Waals surface area contributed by atoms with Gasteiger partial charge in [-0.2, -0.15) is 0 Å². The second kappa shape index (κ2) is 11.2. The Morgan fingerprint density at radius 3 is 2.26 bits per heavy atom. The van der Waals surface area contributed by atoms with Gasteiger partial charge in [0, 0.05) is 31.6 Å². The van der Waals surface area contributed by atoms with Crippen LogP contribution in [0.4, 0.5) is 4.79 Å². The van der Waals surface area contributed by atoms with Gasteiger partial charge in [0.05, 0.1) is 13.1 Å². The zero-order valence-corrected chi connectivity index (χ0v) is 21.9. The van der Waals surface area contributed by atoms with Gasteiger partial charge in [0.2, 0.25) is 11.8 Å². The molecule has 2 aliphatic rings. The molecule has 1 N–H and O–H groups in total. The molecule has 0 bridgehead atoms. The van der Waals surface area contributed by atoms with Crippen molar-refractivity contribution in [1.29, 1.82) is 0 Å². The van der Waals surface area contributed by atoms with Crippen LogP contribution in [0, 0.1) is 0 Å². The van der Waals surface area contributed by atoms with Gasteiger partial charge in [0.1, 0.15) is 12.2 Å². The molecule has 9 heteroatoms. The highest BCUT2D eigenvalue weighted by Crippen LogP contribution is 2.29. The Bertz CT molecular complexity index is 1310. The molecular weight excluding hydrogens is 502 g/mol. The molecule has 0 aromatic heterocycles. The van der Waals surface area contributed by atoms with Gasteiger partial charge < -0.3 is 15.1 Å². The molecule has 196 valence electrons. The second-order valence-corrected chi connectivity index (χ2v) is 10.1. The van der Waals surface area contributed by atoms with Crippen molar-refractivity contribution >= 4 is 29.4 Å². The van der Waals surface area contributed by atoms with Crippen molar-refractivity contribution in [2.45, 2.75) is 31.7 Å². The number of likely N-dealkylation sites (N-methyl/N-ethyl adjacent to an activating group) is 1. The van der Waals surface area contributed by atoms with Gasteiger partial charge in [-0.05, 0) is 28.8 Å².